The van der Waals surface area contributed by atoms with Gasteiger partial charge in [0, 0.05) is 18.3 Å². The molecule has 3 aliphatic heterocycles. The zero-order valence-corrected chi connectivity index (χ0v) is 16.4. The molecule has 3 atom stereocenters. The maximum absolute atomic E-state index is 14.2. The van der Waals surface area contributed by atoms with Crippen LogP contribution in [0.2, 0.25) is 0 Å². The van der Waals surface area contributed by atoms with E-state index in [9.17, 15) is 9.18 Å². The topological polar surface area (TPSA) is 103 Å². The van der Waals surface area contributed by atoms with Crippen LogP contribution in [0.3, 0.4) is 0 Å². The van der Waals surface area contributed by atoms with E-state index >= 15 is 0 Å². The minimum atomic E-state index is -0.471. The molecule has 31 heavy (non-hydrogen) atoms. The third kappa shape index (κ3) is 3.08. The second kappa shape index (κ2) is 7.13. The van der Waals surface area contributed by atoms with Crippen molar-refractivity contribution in [3.63, 3.8) is 0 Å². The molecule has 160 valence electrons. The number of nitrogens with one attached hydrogen (secondary N) is 1. The molecule has 0 aromatic carbocycles. The Hall–Kier alpha value is -3.31. The molecule has 3 aliphatic rings. The minimum absolute atomic E-state index is 0.281. The molecule has 0 aliphatic carbocycles. The van der Waals surface area contributed by atoms with E-state index in [2.05, 4.69) is 15.4 Å². The normalized spacial score (nSPS) is 25.5. The van der Waals surface area contributed by atoms with Crippen LogP contribution in [-0.4, -0.2) is 70.6 Å². The molecule has 1 unspecified atom stereocenters. The molecule has 2 saturated heterocycles. The van der Waals surface area contributed by atoms with Gasteiger partial charge >= 0.3 is 0 Å². The fourth-order valence-electron chi connectivity index (χ4n) is 4.27. The average molecular weight is 426 g/mol. The average Bonchev–Trinajstić information content (AvgIpc) is 3.40. The number of aromatic nitrogens is 4. The van der Waals surface area contributed by atoms with Gasteiger partial charge in [0.25, 0.3) is 5.91 Å². The second-order valence-corrected chi connectivity index (χ2v) is 7.72. The number of pyridine rings is 1. The van der Waals surface area contributed by atoms with Gasteiger partial charge < -0.3 is 24.4 Å². The van der Waals surface area contributed by atoms with Crippen LogP contribution in [0.15, 0.2) is 30.7 Å². The summed E-state index contributed by atoms with van der Waals surface area (Å²) >= 11 is 0. The Morgan fingerprint density at radius 2 is 2.13 bits per heavy atom. The predicted octanol–water partition coefficient (Wildman–Crippen LogP) is 0.731. The van der Waals surface area contributed by atoms with Crippen LogP contribution in [0, 0.1) is 5.82 Å². The Labute approximate surface area is 175 Å². The number of morpholine rings is 1. The highest BCUT2D eigenvalue weighted by Crippen LogP contribution is 2.35. The summed E-state index contributed by atoms with van der Waals surface area (Å²) in [5.74, 6) is 0.147. The number of amides is 1. The number of halogens is 1. The second-order valence-electron chi connectivity index (χ2n) is 7.72. The number of anilines is 1. The van der Waals surface area contributed by atoms with E-state index in [-0.39, 0.29) is 18.6 Å². The zero-order valence-electron chi connectivity index (χ0n) is 16.4. The van der Waals surface area contributed by atoms with Crippen LogP contribution in [0.5, 0.6) is 5.88 Å². The smallest absolute Gasteiger partial charge is 0.257 e. The minimum Gasteiger partial charge on any atom is -0.469 e. The van der Waals surface area contributed by atoms with Crippen molar-refractivity contribution < 1.29 is 23.4 Å². The molecular weight excluding hydrogens is 407 g/mol. The van der Waals surface area contributed by atoms with Crippen LogP contribution in [0.1, 0.15) is 22.0 Å². The molecule has 3 aromatic rings. The third-order valence-electron chi connectivity index (χ3n) is 5.83. The number of nitrogens with zero attached hydrogens (tertiary/aromatic N) is 5. The fourth-order valence-corrected chi connectivity index (χ4v) is 4.27. The van der Waals surface area contributed by atoms with Crippen molar-refractivity contribution in [1.29, 1.82) is 0 Å². The fraction of sp³-hybridized carbons (Fsp3) is 0.400. The largest absolute Gasteiger partial charge is 0.469 e. The number of carbonyl (C=O) groups is 1. The molecular formula is C20H19FN6O4. The molecule has 0 saturated carbocycles. The first kappa shape index (κ1) is 18.5. The van der Waals surface area contributed by atoms with E-state index in [1.807, 2.05) is 11.0 Å². The van der Waals surface area contributed by atoms with Gasteiger partial charge in [0.2, 0.25) is 5.88 Å². The van der Waals surface area contributed by atoms with Gasteiger partial charge in [0.05, 0.1) is 50.9 Å². The summed E-state index contributed by atoms with van der Waals surface area (Å²) in [6.07, 6.45) is 3.90. The van der Waals surface area contributed by atoms with Crippen LogP contribution in [-0.2, 0) is 9.47 Å². The van der Waals surface area contributed by atoms with Gasteiger partial charge in [-0.05, 0) is 12.1 Å². The Balaban J connectivity index is 1.55. The molecule has 1 N–H and O–H groups in total. The summed E-state index contributed by atoms with van der Waals surface area (Å²) in [6, 6.07) is 2.47. The van der Waals surface area contributed by atoms with E-state index in [0.29, 0.717) is 54.8 Å². The van der Waals surface area contributed by atoms with Crippen molar-refractivity contribution in [2.75, 3.05) is 37.9 Å². The predicted molar refractivity (Wildman–Crippen MR) is 105 cm³/mol. The molecule has 11 heteroatoms. The van der Waals surface area contributed by atoms with Gasteiger partial charge in [-0.25, -0.2) is 18.9 Å². The van der Waals surface area contributed by atoms with Crippen molar-refractivity contribution in [2.24, 2.45) is 0 Å². The van der Waals surface area contributed by atoms with Crippen molar-refractivity contribution in [1.82, 2.24) is 24.9 Å². The summed E-state index contributed by atoms with van der Waals surface area (Å²) in [7, 11) is 0. The zero-order chi connectivity index (χ0) is 20.9. The molecule has 0 spiro atoms. The summed E-state index contributed by atoms with van der Waals surface area (Å²) in [5.41, 5.74) is 1.36. The lowest BCUT2D eigenvalue weighted by Gasteiger charge is -2.37. The van der Waals surface area contributed by atoms with E-state index in [1.165, 1.54) is 12.3 Å². The first-order valence-electron chi connectivity index (χ1n) is 10.1. The molecule has 10 nitrogen and oxygen atoms in total. The van der Waals surface area contributed by atoms with Gasteiger partial charge in [-0.15, -0.1) is 0 Å². The van der Waals surface area contributed by atoms with Gasteiger partial charge in [-0.2, -0.15) is 5.10 Å². The van der Waals surface area contributed by atoms with Gasteiger partial charge in [0.15, 0.2) is 5.65 Å². The highest BCUT2D eigenvalue weighted by atomic mass is 19.1. The quantitative estimate of drug-likeness (QED) is 0.561. The SMILES string of the molecule is O=C1N[C@@H]2COC[C@@H]2Oc2ncc(F)cc2C2COCCN2c2ccn3ncc1c3n2. The molecule has 2 bridgehead atoms. The van der Waals surface area contributed by atoms with Gasteiger partial charge in [-0.3, -0.25) is 4.79 Å². The van der Waals surface area contributed by atoms with Crippen molar-refractivity contribution >= 4 is 17.4 Å². The number of rotatable bonds is 0. The Morgan fingerprint density at radius 1 is 1.19 bits per heavy atom. The summed E-state index contributed by atoms with van der Waals surface area (Å²) in [6.45, 7) is 1.93. The standard InChI is InChI=1S/C20H19FN6O4/c21-11-5-12-15-9-29-4-3-26(15)17-1-2-27-18(25-17)13(7-23-27)19(28)24-14-8-30-10-16(14)31-20(12)22-6-11/h1-2,5-7,14-16H,3-4,8-10H2,(H,24,28)/t14-,15?,16+/m1/s1. The molecule has 2 fully saturated rings. The maximum Gasteiger partial charge on any atom is 0.257 e. The Morgan fingerprint density at radius 3 is 3.06 bits per heavy atom. The van der Waals surface area contributed by atoms with E-state index in [1.54, 1.807) is 10.7 Å². The Bertz CT molecular complexity index is 1170. The monoisotopic (exact) mass is 426 g/mol. The van der Waals surface area contributed by atoms with E-state index in [0.717, 1.165) is 6.20 Å². The number of hydrogen-bond acceptors (Lipinski definition) is 8. The highest BCUT2D eigenvalue weighted by Gasteiger charge is 2.36. The van der Waals surface area contributed by atoms with Gasteiger partial charge in [0.1, 0.15) is 23.3 Å². The molecule has 1 amide bonds. The molecule has 6 rings (SSSR count). The van der Waals surface area contributed by atoms with Gasteiger partial charge in [-0.1, -0.05) is 0 Å². The van der Waals surface area contributed by atoms with Crippen molar-refractivity contribution in [2.45, 2.75) is 18.2 Å². The lowest BCUT2D eigenvalue weighted by atomic mass is 10.1. The van der Waals surface area contributed by atoms with Crippen molar-refractivity contribution in [3.05, 3.63) is 47.7 Å². The summed E-state index contributed by atoms with van der Waals surface area (Å²) in [5, 5.41) is 7.20. The lowest BCUT2D eigenvalue weighted by molar-refractivity contribution is 0.0875. The van der Waals surface area contributed by atoms with E-state index in [4.69, 9.17) is 19.2 Å². The molecule has 3 aromatic heterocycles. The number of carbonyl (C=O) groups excluding carboxylic acids is 1. The highest BCUT2D eigenvalue weighted by molar-refractivity contribution is 6.00. The molecule has 6 heterocycles. The summed E-state index contributed by atoms with van der Waals surface area (Å²) < 4.78 is 33.2. The number of hydrogen-bond donors (Lipinski definition) is 1. The van der Waals surface area contributed by atoms with Crippen molar-refractivity contribution in [3.8, 4) is 5.88 Å². The van der Waals surface area contributed by atoms with E-state index < -0.39 is 18.0 Å². The van der Waals surface area contributed by atoms with Crippen LogP contribution in [0.4, 0.5) is 10.2 Å². The lowest BCUT2D eigenvalue weighted by Crippen LogP contribution is -2.45. The number of ether oxygens (including phenoxy) is 3. The summed E-state index contributed by atoms with van der Waals surface area (Å²) in [4.78, 5) is 23.9. The van der Waals surface area contributed by atoms with Crippen LogP contribution < -0.4 is 15.0 Å². The first-order chi connectivity index (χ1) is 15.2. The molecule has 0 radical (unpaired) electrons. The number of fused-ring (bicyclic) bond motifs is 6. The third-order valence-corrected chi connectivity index (χ3v) is 5.83. The maximum atomic E-state index is 14.2. The first-order valence-corrected chi connectivity index (χ1v) is 10.1. The Kier molecular flexibility index (Phi) is 4.25. The van der Waals surface area contributed by atoms with Crippen LogP contribution >= 0.6 is 0 Å². The van der Waals surface area contributed by atoms with Crippen LogP contribution in [0.25, 0.3) is 5.65 Å².